The normalized spacial score (nSPS) is 10.3. The van der Waals surface area contributed by atoms with Crippen molar-refractivity contribution in [2.24, 2.45) is 0 Å². The highest BCUT2D eigenvalue weighted by Crippen LogP contribution is 2.29. The summed E-state index contributed by atoms with van der Waals surface area (Å²) in [5.74, 6) is 0.633. The third kappa shape index (κ3) is 3.17. The summed E-state index contributed by atoms with van der Waals surface area (Å²) in [6, 6.07) is 1.62. The van der Waals surface area contributed by atoms with Crippen molar-refractivity contribution in [1.29, 1.82) is 0 Å². The molecule has 0 spiro atoms. The van der Waals surface area contributed by atoms with E-state index in [1.807, 2.05) is 0 Å². The minimum atomic E-state index is -0.413. The van der Waals surface area contributed by atoms with Gasteiger partial charge in [0.15, 0.2) is 5.03 Å². The number of nitro groups is 1. The van der Waals surface area contributed by atoms with Crippen LogP contribution in [0.15, 0.2) is 17.3 Å². The molecule has 0 unspecified atom stereocenters. The van der Waals surface area contributed by atoms with Crippen LogP contribution in [-0.4, -0.2) is 27.4 Å². The first-order chi connectivity index (χ1) is 7.16. The number of aromatic nitrogens is 1. The summed E-state index contributed by atoms with van der Waals surface area (Å²) in [6.07, 6.45) is 2.17. The van der Waals surface area contributed by atoms with Crippen LogP contribution >= 0.6 is 11.8 Å². The fourth-order valence-electron chi connectivity index (χ4n) is 1.09. The number of aliphatic hydroxyl groups is 1. The molecule has 0 aliphatic carbocycles. The van der Waals surface area contributed by atoms with E-state index < -0.39 is 4.92 Å². The number of aliphatic hydroxyl groups excluding tert-OH is 1. The van der Waals surface area contributed by atoms with Crippen LogP contribution in [0.25, 0.3) is 0 Å². The summed E-state index contributed by atoms with van der Waals surface area (Å²) in [6.45, 7) is 1.78. The molecule has 1 rings (SSSR count). The molecule has 0 amide bonds. The van der Waals surface area contributed by atoms with Gasteiger partial charge in [0.1, 0.15) is 0 Å². The Kier molecular flexibility index (Phi) is 4.51. The minimum absolute atomic E-state index is 0.0699. The number of hydrogen-bond acceptors (Lipinski definition) is 5. The lowest BCUT2D eigenvalue weighted by molar-refractivity contribution is -0.388. The number of thioether (sulfide) groups is 1. The summed E-state index contributed by atoms with van der Waals surface area (Å²) >= 11 is 1.30. The molecule has 0 aliphatic rings. The van der Waals surface area contributed by atoms with E-state index in [1.165, 1.54) is 11.8 Å². The number of rotatable bonds is 5. The van der Waals surface area contributed by atoms with Crippen LogP contribution in [0.5, 0.6) is 0 Å². The van der Waals surface area contributed by atoms with E-state index in [0.717, 1.165) is 0 Å². The van der Waals surface area contributed by atoms with Crippen LogP contribution in [0, 0.1) is 17.0 Å². The van der Waals surface area contributed by atoms with Crippen molar-refractivity contribution in [2.45, 2.75) is 18.4 Å². The molecule has 1 heterocycles. The second kappa shape index (κ2) is 5.67. The number of pyridine rings is 1. The Morgan fingerprint density at radius 3 is 3.00 bits per heavy atom. The maximum absolute atomic E-state index is 10.8. The fraction of sp³-hybridized carbons (Fsp3) is 0.444. The predicted octanol–water partition coefficient (Wildman–Crippen LogP) is 1.77. The van der Waals surface area contributed by atoms with Gasteiger partial charge in [-0.15, -0.1) is 0 Å². The molecule has 0 saturated heterocycles. The van der Waals surface area contributed by atoms with Gasteiger partial charge < -0.3 is 5.11 Å². The summed E-state index contributed by atoms with van der Waals surface area (Å²) < 4.78 is 0. The van der Waals surface area contributed by atoms with Crippen LogP contribution in [0.2, 0.25) is 0 Å². The summed E-state index contributed by atoms with van der Waals surface area (Å²) in [5, 5.41) is 19.8. The van der Waals surface area contributed by atoms with E-state index in [9.17, 15) is 10.1 Å². The van der Waals surface area contributed by atoms with Gasteiger partial charge in [-0.2, -0.15) is 0 Å². The van der Waals surface area contributed by atoms with Gasteiger partial charge in [-0.1, -0.05) is 11.8 Å². The van der Waals surface area contributed by atoms with E-state index >= 15 is 0 Å². The van der Waals surface area contributed by atoms with Crippen molar-refractivity contribution in [2.75, 3.05) is 12.4 Å². The van der Waals surface area contributed by atoms with Gasteiger partial charge in [0, 0.05) is 24.1 Å². The van der Waals surface area contributed by atoms with Gasteiger partial charge in [0.2, 0.25) is 0 Å². The first kappa shape index (κ1) is 11.9. The van der Waals surface area contributed by atoms with E-state index in [4.69, 9.17) is 5.11 Å². The fourth-order valence-corrected chi connectivity index (χ4v) is 2.06. The lowest BCUT2D eigenvalue weighted by Gasteiger charge is -2.02. The molecule has 0 aliphatic heterocycles. The van der Waals surface area contributed by atoms with E-state index in [1.54, 1.807) is 19.2 Å². The van der Waals surface area contributed by atoms with Crippen molar-refractivity contribution < 1.29 is 10.0 Å². The van der Waals surface area contributed by atoms with Crippen LogP contribution < -0.4 is 0 Å². The Hall–Kier alpha value is -1.14. The van der Waals surface area contributed by atoms with Crippen LogP contribution in [0.1, 0.15) is 12.0 Å². The molecule has 0 fully saturated rings. The molecule has 5 nitrogen and oxygen atoms in total. The van der Waals surface area contributed by atoms with Crippen molar-refractivity contribution in [3.63, 3.8) is 0 Å². The first-order valence-corrected chi connectivity index (χ1v) is 5.49. The molecule has 0 bridgehead atoms. The molecule has 6 heteroatoms. The molecule has 0 saturated carbocycles. The number of aryl methyl sites for hydroxylation is 1. The Labute approximate surface area is 91.7 Å². The Bertz CT molecular complexity index is 357. The minimum Gasteiger partial charge on any atom is -0.396 e. The monoisotopic (exact) mass is 228 g/mol. The molecule has 15 heavy (non-hydrogen) atoms. The van der Waals surface area contributed by atoms with Gasteiger partial charge in [-0.3, -0.25) is 10.1 Å². The zero-order chi connectivity index (χ0) is 11.3. The molecule has 1 N–H and O–H groups in total. The van der Waals surface area contributed by atoms with E-state index in [0.29, 0.717) is 22.8 Å². The highest BCUT2D eigenvalue weighted by molar-refractivity contribution is 7.99. The average molecular weight is 228 g/mol. The second-order valence-electron chi connectivity index (χ2n) is 2.96. The maximum Gasteiger partial charge on any atom is 0.304 e. The number of nitrogens with zero attached hydrogens (tertiary/aromatic N) is 2. The Morgan fingerprint density at radius 1 is 1.67 bits per heavy atom. The molecule has 1 aromatic rings. The van der Waals surface area contributed by atoms with Gasteiger partial charge in [-0.25, -0.2) is 4.98 Å². The van der Waals surface area contributed by atoms with Gasteiger partial charge >= 0.3 is 5.69 Å². The van der Waals surface area contributed by atoms with Crippen molar-refractivity contribution in [1.82, 2.24) is 4.98 Å². The Morgan fingerprint density at radius 2 is 2.40 bits per heavy atom. The maximum atomic E-state index is 10.8. The smallest absolute Gasteiger partial charge is 0.304 e. The lowest BCUT2D eigenvalue weighted by Crippen LogP contribution is -1.97. The topological polar surface area (TPSA) is 76.3 Å². The lowest BCUT2D eigenvalue weighted by atomic mass is 10.3. The summed E-state index contributed by atoms with van der Waals surface area (Å²) in [4.78, 5) is 14.3. The predicted molar refractivity (Wildman–Crippen MR) is 58.1 cm³/mol. The zero-order valence-corrected chi connectivity index (χ0v) is 9.16. The first-order valence-electron chi connectivity index (χ1n) is 4.50. The van der Waals surface area contributed by atoms with Crippen molar-refractivity contribution in [3.05, 3.63) is 27.9 Å². The second-order valence-corrected chi connectivity index (χ2v) is 4.05. The molecule has 82 valence electrons. The third-order valence-corrected chi connectivity index (χ3v) is 2.88. The zero-order valence-electron chi connectivity index (χ0n) is 8.34. The molecular weight excluding hydrogens is 216 g/mol. The Balaban J connectivity index is 2.86. The number of hydrogen-bond donors (Lipinski definition) is 1. The van der Waals surface area contributed by atoms with Crippen LogP contribution in [-0.2, 0) is 0 Å². The highest BCUT2D eigenvalue weighted by atomic mass is 32.2. The van der Waals surface area contributed by atoms with E-state index in [2.05, 4.69) is 4.98 Å². The van der Waals surface area contributed by atoms with Crippen LogP contribution in [0.3, 0.4) is 0 Å². The SMILES string of the molecule is Cc1ccnc(SCCCO)c1[N+](=O)[O-]. The van der Waals surface area contributed by atoms with Crippen molar-refractivity contribution >= 4 is 17.4 Å². The highest BCUT2D eigenvalue weighted by Gasteiger charge is 2.18. The standard InChI is InChI=1S/C9H12N2O3S/c1-7-3-4-10-9(8(7)11(13)14)15-6-2-5-12/h3-4,12H,2,5-6H2,1H3. The van der Waals surface area contributed by atoms with Crippen molar-refractivity contribution in [3.8, 4) is 0 Å². The van der Waals surface area contributed by atoms with Gasteiger partial charge in [-0.05, 0) is 19.4 Å². The summed E-state index contributed by atoms with van der Waals surface area (Å²) in [5.41, 5.74) is 0.682. The molecule has 0 atom stereocenters. The summed E-state index contributed by atoms with van der Waals surface area (Å²) in [7, 11) is 0. The molecular formula is C9H12N2O3S. The quantitative estimate of drug-likeness (QED) is 0.360. The third-order valence-electron chi connectivity index (χ3n) is 1.82. The largest absolute Gasteiger partial charge is 0.396 e. The molecule has 1 aromatic heterocycles. The van der Waals surface area contributed by atoms with Crippen LogP contribution in [0.4, 0.5) is 5.69 Å². The molecule has 0 aromatic carbocycles. The average Bonchev–Trinajstić information content (AvgIpc) is 2.17. The molecule has 0 radical (unpaired) electrons. The van der Waals surface area contributed by atoms with E-state index in [-0.39, 0.29) is 12.3 Å². The van der Waals surface area contributed by atoms with Gasteiger partial charge in [0.05, 0.1) is 4.92 Å². The van der Waals surface area contributed by atoms with Gasteiger partial charge in [0.25, 0.3) is 0 Å².